The van der Waals surface area contributed by atoms with E-state index in [-0.39, 0.29) is 16.4 Å². The Bertz CT molecular complexity index is 631. The van der Waals surface area contributed by atoms with E-state index in [2.05, 4.69) is 61.3 Å². The van der Waals surface area contributed by atoms with E-state index in [1.54, 1.807) is 0 Å². The van der Waals surface area contributed by atoms with Gasteiger partial charge in [-0.3, -0.25) is 14.8 Å². The molecule has 0 aromatic carbocycles. The Morgan fingerprint density at radius 3 is 1.95 bits per heavy atom. The van der Waals surface area contributed by atoms with Crippen LogP contribution in [0.3, 0.4) is 0 Å². The van der Waals surface area contributed by atoms with Crippen molar-refractivity contribution in [3.05, 3.63) is 20.8 Å². The van der Waals surface area contributed by atoms with Gasteiger partial charge in [-0.2, -0.15) is 0 Å². The molecule has 1 aromatic heterocycles. The SMILES string of the molecule is CC(C)(C)CN1CN(CC(C)(C)C)c2c1[nH]c(=O)[nH]c2=O. The molecule has 0 atom stereocenters. The van der Waals surface area contributed by atoms with E-state index in [4.69, 9.17) is 0 Å². The molecule has 0 amide bonds. The molecule has 0 aliphatic carbocycles. The van der Waals surface area contributed by atoms with E-state index in [1.165, 1.54) is 0 Å². The van der Waals surface area contributed by atoms with Crippen LogP contribution in [-0.4, -0.2) is 29.7 Å². The molecule has 21 heavy (non-hydrogen) atoms. The molecule has 0 saturated carbocycles. The first kappa shape index (κ1) is 15.7. The largest absolute Gasteiger partial charge is 0.346 e. The molecule has 0 radical (unpaired) electrons. The number of aromatic nitrogens is 2. The minimum Gasteiger partial charge on any atom is -0.346 e. The fourth-order valence-corrected chi connectivity index (χ4v) is 2.74. The molecule has 2 N–H and O–H groups in total. The Morgan fingerprint density at radius 1 is 0.905 bits per heavy atom. The van der Waals surface area contributed by atoms with Crippen molar-refractivity contribution in [2.75, 3.05) is 29.6 Å². The third-order valence-corrected chi connectivity index (χ3v) is 3.20. The highest BCUT2D eigenvalue weighted by Gasteiger charge is 2.33. The average Bonchev–Trinajstić information content (AvgIpc) is 2.51. The molecule has 118 valence electrons. The zero-order chi connectivity index (χ0) is 16.0. The zero-order valence-electron chi connectivity index (χ0n) is 13.8. The maximum Gasteiger partial charge on any atom is 0.327 e. The highest BCUT2D eigenvalue weighted by Crippen LogP contribution is 2.33. The minimum absolute atomic E-state index is 0.0671. The van der Waals surface area contributed by atoms with Crippen LogP contribution in [-0.2, 0) is 0 Å². The van der Waals surface area contributed by atoms with Crippen LogP contribution >= 0.6 is 0 Å². The van der Waals surface area contributed by atoms with Gasteiger partial charge in [0.25, 0.3) is 5.56 Å². The van der Waals surface area contributed by atoms with Gasteiger partial charge in [0.2, 0.25) is 0 Å². The number of rotatable bonds is 2. The lowest BCUT2D eigenvalue weighted by molar-refractivity contribution is 0.394. The van der Waals surface area contributed by atoms with Crippen molar-refractivity contribution in [1.29, 1.82) is 0 Å². The van der Waals surface area contributed by atoms with Crippen molar-refractivity contribution in [3.8, 4) is 0 Å². The molecule has 6 nitrogen and oxygen atoms in total. The summed E-state index contributed by atoms with van der Waals surface area (Å²) in [5.41, 5.74) is -0.0371. The topological polar surface area (TPSA) is 72.2 Å². The summed E-state index contributed by atoms with van der Waals surface area (Å²) in [4.78, 5) is 33.0. The number of fused-ring (bicyclic) bond motifs is 1. The summed E-state index contributed by atoms with van der Waals surface area (Å²) in [5, 5.41) is 0. The number of anilines is 2. The second-order valence-electron chi connectivity index (χ2n) is 8.26. The number of hydrogen-bond acceptors (Lipinski definition) is 4. The van der Waals surface area contributed by atoms with Gasteiger partial charge in [-0.15, -0.1) is 0 Å². The third-order valence-electron chi connectivity index (χ3n) is 3.20. The van der Waals surface area contributed by atoms with Crippen LogP contribution in [0.1, 0.15) is 41.5 Å². The third kappa shape index (κ3) is 3.68. The van der Waals surface area contributed by atoms with Crippen molar-refractivity contribution < 1.29 is 0 Å². The Kier molecular flexibility index (Phi) is 3.68. The van der Waals surface area contributed by atoms with Crippen LogP contribution in [0.2, 0.25) is 0 Å². The highest BCUT2D eigenvalue weighted by atomic mass is 16.2. The standard InChI is InChI=1S/C15H26N4O2/c1-14(2,3)7-18-9-19(8-15(4,5)6)11-10(18)12(20)17-13(21)16-11/h7-9H2,1-6H3,(H2,16,17,20,21). The van der Waals surface area contributed by atoms with Crippen LogP contribution in [0.25, 0.3) is 0 Å². The van der Waals surface area contributed by atoms with Crippen LogP contribution in [0.5, 0.6) is 0 Å². The molecule has 1 aromatic rings. The van der Waals surface area contributed by atoms with Crippen molar-refractivity contribution in [2.45, 2.75) is 41.5 Å². The summed E-state index contributed by atoms with van der Waals surface area (Å²) in [6.45, 7) is 15.0. The molecular weight excluding hydrogens is 268 g/mol. The predicted molar refractivity (Wildman–Crippen MR) is 86.2 cm³/mol. The molecule has 1 aliphatic heterocycles. The molecule has 2 rings (SSSR count). The Balaban J connectivity index is 2.45. The summed E-state index contributed by atoms with van der Waals surface area (Å²) in [6.07, 6.45) is 0. The number of aromatic amines is 2. The molecule has 0 bridgehead atoms. The normalized spacial score (nSPS) is 15.5. The van der Waals surface area contributed by atoms with E-state index >= 15 is 0 Å². The van der Waals surface area contributed by atoms with Crippen molar-refractivity contribution in [1.82, 2.24) is 9.97 Å². The predicted octanol–water partition coefficient (Wildman–Crippen LogP) is 1.74. The second-order valence-corrected chi connectivity index (χ2v) is 8.26. The Hall–Kier alpha value is -1.72. The zero-order valence-corrected chi connectivity index (χ0v) is 13.8. The van der Waals surface area contributed by atoms with Gasteiger partial charge in [-0.1, -0.05) is 41.5 Å². The Labute approximate surface area is 125 Å². The molecule has 6 heteroatoms. The van der Waals surface area contributed by atoms with E-state index in [0.29, 0.717) is 18.2 Å². The summed E-state index contributed by atoms with van der Waals surface area (Å²) in [6, 6.07) is 0. The Morgan fingerprint density at radius 2 is 1.43 bits per heavy atom. The average molecular weight is 294 g/mol. The highest BCUT2D eigenvalue weighted by molar-refractivity contribution is 5.71. The van der Waals surface area contributed by atoms with E-state index in [9.17, 15) is 9.59 Å². The quantitative estimate of drug-likeness (QED) is 0.871. The van der Waals surface area contributed by atoms with Crippen molar-refractivity contribution in [2.24, 2.45) is 10.8 Å². The lowest BCUT2D eigenvalue weighted by atomic mass is 9.96. The van der Waals surface area contributed by atoms with Crippen LogP contribution in [0.15, 0.2) is 9.59 Å². The lowest BCUT2D eigenvalue weighted by Crippen LogP contribution is -2.40. The van der Waals surface area contributed by atoms with Gasteiger partial charge in [0.1, 0.15) is 11.5 Å². The number of nitrogens with one attached hydrogen (secondary N) is 2. The first-order chi connectivity index (χ1) is 9.46. The van der Waals surface area contributed by atoms with E-state index in [0.717, 1.165) is 13.1 Å². The minimum atomic E-state index is -0.449. The van der Waals surface area contributed by atoms with Crippen molar-refractivity contribution in [3.63, 3.8) is 0 Å². The summed E-state index contributed by atoms with van der Waals surface area (Å²) in [7, 11) is 0. The fourth-order valence-electron chi connectivity index (χ4n) is 2.74. The molecule has 1 aliphatic rings. The van der Waals surface area contributed by atoms with Crippen LogP contribution in [0, 0.1) is 10.8 Å². The fraction of sp³-hybridized carbons (Fsp3) is 0.733. The lowest BCUT2D eigenvalue weighted by Gasteiger charge is -2.30. The molecular formula is C15H26N4O2. The summed E-state index contributed by atoms with van der Waals surface area (Å²) in [5.74, 6) is 0.642. The van der Waals surface area contributed by atoms with Crippen LogP contribution < -0.4 is 21.0 Å². The number of H-pyrrole nitrogens is 2. The monoisotopic (exact) mass is 294 g/mol. The van der Waals surface area contributed by atoms with Gasteiger partial charge in [0, 0.05) is 13.1 Å². The van der Waals surface area contributed by atoms with E-state index < -0.39 is 5.69 Å². The van der Waals surface area contributed by atoms with Gasteiger partial charge in [0.15, 0.2) is 0 Å². The summed E-state index contributed by atoms with van der Waals surface area (Å²) >= 11 is 0. The smallest absolute Gasteiger partial charge is 0.327 e. The van der Waals surface area contributed by atoms with Gasteiger partial charge >= 0.3 is 5.69 Å². The van der Waals surface area contributed by atoms with Gasteiger partial charge in [-0.05, 0) is 10.8 Å². The molecule has 0 unspecified atom stereocenters. The van der Waals surface area contributed by atoms with Gasteiger partial charge in [-0.25, -0.2) is 4.79 Å². The number of nitrogens with zero attached hydrogens (tertiary/aromatic N) is 2. The van der Waals surface area contributed by atoms with Crippen LogP contribution in [0.4, 0.5) is 11.5 Å². The maximum absolute atomic E-state index is 12.2. The summed E-state index contributed by atoms with van der Waals surface area (Å²) < 4.78 is 0. The van der Waals surface area contributed by atoms with E-state index in [1.807, 2.05) is 0 Å². The number of hydrogen-bond donors (Lipinski definition) is 2. The molecule has 0 spiro atoms. The van der Waals surface area contributed by atoms with Crippen molar-refractivity contribution >= 4 is 11.5 Å². The molecule has 0 saturated heterocycles. The van der Waals surface area contributed by atoms with Gasteiger partial charge in [0.05, 0.1) is 6.67 Å². The molecule has 2 heterocycles. The second kappa shape index (κ2) is 4.93. The first-order valence-corrected chi connectivity index (χ1v) is 7.33. The molecule has 0 fully saturated rings. The van der Waals surface area contributed by atoms with Gasteiger partial charge < -0.3 is 9.80 Å². The maximum atomic E-state index is 12.2. The first-order valence-electron chi connectivity index (χ1n) is 7.33.